The van der Waals surface area contributed by atoms with Gasteiger partial charge in [0, 0.05) is 40.6 Å². The minimum Gasteiger partial charge on any atom is -0.497 e. The molecule has 1 aromatic heterocycles. The van der Waals surface area contributed by atoms with E-state index >= 15 is 0 Å². The SMILES string of the molecule is COc1ccc([C@@H]2CC(=O)C3=C(C2)NC(C)=C(C(=O)Nc2cccc(C)n2)[C@H]3c2ccc(F)cc2)cc1. The fourth-order valence-electron chi connectivity index (χ4n) is 5.24. The first-order chi connectivity index (χ1) is 17.8. The molecule has 1 aliphatic carbocycles. The molecular formula is C30H28FN3O3. The van der Waals surface area contributed by atoms with E-state index in [4.69, 9.17) is 4.74 Å². The topological polar surface area (TPSA) is 80.3 Å². The van der Waals surface area contributed by atoms with Crippen molar-refractivity contribution in [1.82, 2.24) is 10.3 Å². The number of ether oxygens (including phenoxy) is 1. The van der Waals surface area contributed by atoms with Crippen LogP contribution in [0.25, 0.3) is 0 Å². The number of hydrogen-bond acceptors (Lipinski definition) is 5. The van der Waals surface area contributed by atoms with E-state index in [0.717, 1.165) is 22.7 Å². The molecule has 2 heterocycles. The zero-order chi connectivity index (χ0) is 26.1. The Morgan fingerprint density at radius 2 is 1.70 bits per heavy atom. The fourth-order valence-corrected chi connectivity index (χ4v) is 5.24. The van der Waals surface area contributed by atoms with E-state index in [9.17, 15) is 14.0 Å². The van der Waals surface area contributed by atoms with Gasteiger partial charge in [0.25, 0.3) is 5.91 Å². The number of nitrogens with one attached hydrogen (secondary N) is 2. The molecule has 5 rings (SSSR count). The third kappa shape index (κ3) is 4.89. The molecule has 1 amide bonds. The molecule has 0 fully saturated rings. The van der Waals surface area contributed by atoms with E-state index in [1.807, 2.05) is 50.2 Å². The van der Waals surface area contributed by atoms with Crippen molar-refractivity contribution in [2.24, 2.45) is 0 Å². The largest absolute Gasteiger partial charge is 0.497 e. The lowest BCUT2D eigenvalue weighted by Gasteiger charge is -2.37. The molecule has 6 nitrogen and oxygen atoms in total. The number of pyridine rings is 1. The molecule has 3 aromatic rings. The van der Waals surface area contributed by atoms with Gasteiger partial charge in [0.1, 0.15) is 17.4 Å². The van der Waals surface area contributed by atoms with Crippen molar-refractivity contribution in [2.45, 2.75) is 38.5 Å². The predicted molar refractivity (Wildman–Crippen MR) is 140 cm³/mol. The van der Waals surface area contributed by atoms with Crippen molar-refractivity contribution in [3.8, 4) is 5.75 Å². The summed E-state index contributed by atoms with van der Waals surface area (Å²) < 4.78 is 19.1. The van der Waals surface area contributed by atoms with Gasteiger partial charge in [-0.3, -0.25) is 9.59 Å². The summed E-state index contributed by atoms with van der Waals surface area (Å²) in [7, 11) is 1.62. The zero-order valence-electron chi connectivity index (χ0n) is 21.0. The number of allylic oxidation sites excluding steroid dienone is 3. The van der Waals surface area contributed by atoms with Crippen LogP contribution in [0.1, 0.15) is 48.4 Å². The Morgan fingerprint density at radius 3 is 2.38 bits per heavy atom. The number of ketones is 1. The number of anilines is 1. The number of methoxy groups -OCH3 is 1. The predicted octanol–water partition coefficient (Wildman–Crippen LogP) is 5.54. The summed E-state index contributed by atoms with van der Waals surface area (Å²) >= 11 is 0. The van der Waals surface area contributed by atoms with E-state index in [1.165, 1.54) is 12.1 Å². The second-order valence-electron chi connectivity index (χ2n) is 9.46. The van der Waals surface area contributed by atoms with Gasteiger partial charge in [-0.05, 0) is 73.7 Å². The smallest absolute Gasteiger partial charge is 0.255 e. The lowest BCUT2D eigenvalue weighted by atomic mass is 9.71. The Hall–Kier alpha value is -4.26. The standard InChI is InChI=1S/C30H28FN3O3/c1-17-5-4-6-26(32-17)34-30(36)27-18(2)33-24-15-21(19-9-13-23(37-3)14-10-19)16-25(35)29(24)28(27)20-7-11-22(31)12-8-20/h4-14,21,28,33H,15-16H2,1-3H3,(H,32,34,36)/t21-,28+/m0/s1. The van der Waals surface area contributed by atoms with Gasteiger partial charge in [-0.15, -0.1) is 0 Å². The van der Waals surface area contributed by atoms with Crippen molar-refractivity contribution < 1.29 is 18.7 Å². The molecule has 1 aliphatic heterocycles. The third-order valence-corrected chi connectivity index (χ3v) is 6.99. The molecule has 0 bridgehead atoms. The number of dihydropyridines is 1. The number of carbonyl (C=O) groups excluding carboxylic acids is 2. The maximum absolute atomic E-state index is 13.8. The second-order valence-corrected chi connectivity index (χ2v) is 9.46. The van der Waals surface area contributed by atoms with Crippen LogP contribution in [0, 0.1) is 12.7 Å². The van der Waals surface area contributed by atoms with Crippen molar-refractivity contribution in [1.29, 1.82) is 0 Å². The van der Waals surface area contributed by atoms with Crippen molar-refractivity contribution in [2.75, 3.05) is 12.4 Å². The summed E-state index contributed by atoms with van der Waals surface area (Å²) in [6.07, 6.45) is 0.939. The zero-order valence-corrected chi connectivity index (χ0v) is 21.0. The Labute approximate surface area is 215 Å². The molecule has 37 heavy (non-hydrogen) atoms. The molecule has 188 valence electrons. The maximum atomic E-state index is 13.8. The second kappa shape index (κ2) is 10.0. The van der Waals surface area contributed by atoms with E-state index in [-0.39, 0.29) is 23.4 Å². The van der Waals surface area contributed by atoms with Crippen LogP contribution in [0.15, 0.2) is 89.3 Å². The highest BCUT2D eigenvalue weighted by Crippen LogP contribution is 2.45. The molecule has 2 N–H and O–H groups in total. The van der Waals surface area contributed by atoms with E-state index in [2.05, 4.69) is 15.6 Å². The van der Waals surface area contributed by atoms with Crippen LogP contribution in [-0.2, 0) is 9.59 Å². The van der Waals surface area contributed by atoms with Crippen molar-refractivity contribution in [3.63, 3.8) is 0 Å². The van der Waals surface area contributed by atoms with Gasteiger partial charge >= 0.3 is 0 Å². The molecular weight excluding hydrogens is 469 g/mol. The van der Waals surface area contributed by atoms with Crippen LogP contribution in [0.3, 0.4) is 0 Å². The number of rotatable bonds is 5. The fraction of sp³-hybridized carbons (Fsp3) is 0.233. The monoisotopic (exact) mass is 497 g/mol. The first-order valence-electron chi connectivity index (χ1n) is 12.2. The molecule has 0 saturated heterocycles. The van der Waals surface area contributed by atoms with Crippen LogP contribution in [0.5, 0.6) is 5.75 Å². The lowest BCUT2D eigenvalue weighted by molar-refractivity contribution is -0.116. The molecule has 0 unspecified atom stereocenters. The average Bonchev–Trinajstić information content (AvgIpc) is 2.88. The van der Waals surface area contributed by atoms with Crippen molar-refractivity contribution >= 4 is 17.5 Å². The van der Waals surface area contributed by atoms with Crippen LogP contribution in [0.2, 0.25) is 0 Å². The molecule has 2 aliphatic rings. The number of Topliss-reactive ketones (excluding diaryl/α,β-unsaturated/α-hetero) is 1. The summed E-state index contributed by atoms with van der Waals surface area (Å²) in [6.45, 7) is 3.68. The maximum Gasteiger partial charge on any atom is 0.255 e. The summed E-state index contributed by atoms with van der Waals surface area (Å²) in [5.41, 5.74) is 4.95. The number of hydrogen-bond donors (Lipinski definition) is 2. The van der Waals surface area contributed by atoms with Crippen molar-refractivity contribution in [3.05, 3.63) is 112 Å². The van der Waals surface area contributed by atoms with Gasteiger partial charge in [-0.1, -0.05) is 30.3 Å². The van der Waals surface area contributed by atoms with Gasteiger partial charge in [0.2, 0.25) is 0 Å². The first-order valence-corrected chi connectivity index (χ1v) is 12.2. The Morgan fingerprint density at radius 1 is 1.00 bits per heavy atom. The molecule has 2 atom stereocenters. The normalized spacial score (nSPS) is 19.3. The molecule has 2 aromatic carbocycles. The van der Waals surface area contributed by atoms with E-state index in [1.54, 1.807) is 25.3 Å². The molecule has 0 spiro atoms. The minimum atomic E-state index is -0.619. The van der Waals surface area contributed by atoms with Gasteiger partial charge in [-0.2, -0.15) is 0 Å². The number of benzene rings is 2. The molecule has 0 saturated carbocycles. The Kier molecular flexibility index (Phi) is 6.61. The number of aryl methyl sites for hydroxylation is 1. The molecule has 0 radical (unpaired) electrons. The minimum absolute atomic E-state index is 0.00167. The van der Waals surface area contributed by atoms with Crippen LogP contribution < -0.4 is 15.4 Å². The molecule has 7 heteroatoms. The van der Waals surface area contributed by atoms with Gasteiger partial charge in [0.15, 0.2) is 5.78 Å². The number of nitrogens with zero attached hydrogens (tertiary/aromatic N) is 1. The Bertz CT molecular complexity index is 1430. The third-order valence-electron chi connectivity index (χ3n) is 6.99. The average molecular weight is 498 g/mol. The van der Waals surface area contributed by atoms with Crippen LogP contribution in [0.4, 0.5) is 10.2 Å². The van der Waals surface area contributed by atoms with Gasteiger partial charge < -0.3 is 15.4 Å². The van der Waals surface area contributed by atoms with Crippen LogP contribution in [-0.4, -0.2) is 23.8 Å². The quantitative estimate of drug-likeness (QED) is 0.484. The number of carbonyl (C=O) groups is 2. The summed E-state index contributed by atoms with van der Waals surface area (Å²) in [5, 5.41) is 6.25. The summed E-state index contributed by atoms with van der Waals surface area (Å²) in [5.74, 6) is -0.196. The first kappa shape index (κ1) is 24.4. The number of amides is 1. The number of aromatic nitrogens is 1. The summed E-state index contributed by atoms with van der Waals surface area (Å²) in [6, 6.07) is 19.2. The van der Waals surface area contributed by atoms with E-state index < -0.39 is 5.92 Å². The van der Waals surface area contributed by atoms with Crippen LogP contribution >= 0.6 is 0 Å². The summed E-state index contributed by atoms with van der Waals surface area (Å²) in [4.78, 5) is 31.7. The highest BCUT2D eigenvalue weighted by atomic mass is 19.1. The van der Waals surface area contributed by atoms with Gasteiger partial charge in [0.05, 0.1) is 7.11 Å². The highest BCUT2D eigenvalue weighted by molar-refractivity contribution is 6.09. The van der Waals surface area contributed by atoms with E-state index in [0.29, 0.717) is 41.1 Å². The lowest BCUT2D eigenvalue weighted by Crippen LogP contribution is -2.37. The van der Waals surface area contributed by atoms with Gasteiger partial charge in [-0.25, -0.2) is 9.37 Å². The number of halogens is 1. The Balaban J connectivity index is 1.53. The highest BCUT2D eigenvalue weighted by Gasteiger charge is 2.41.